The summed E-state index contributed by atoms with van der Waals surface area (Å²) < 4.78 is 0.804. The predicted octanol–water partition coefficient (Wildman–Crippen LogP) is 2.36. The van der Waals surface area contributed by atoms with Gasteiger partial charge in [0.25, 0.3) is 5.91 Å². The number of hydrogen-bond acceptors (Lipinski definition) is 3. The molecule has 3 rings (SSSR count). The Morgan fingerprint density at radius 3 is 2.84 bits per heavy atom. The number of aliphatic hydroxyl groups is 1. The molecule has 1 saturated heterocycles. The van der Waals surface area contributed by atoms with E-state index in [1.54, 1.807) is 18.5 Å². The molecule has 1 aromatic rings. The summed E-state index contributed by atoms with van der Waals surface area (Å²) in [4.78, 5) is 18.6. The van der Waals surface area contributed by atoms with Gasteiger partial charge in [0.2, 0.25) is 0 Å². The lowest BCUT2D eigenvalue weighted by Crippen LogP contribution is -2.50. The van der Waals surface area contributed by atoms with E-state index in [1.807, 2.05) is 4.90 Å². The highest BCUT2D eigenvalue weighted by Crippen LogP contribution is 2.43. The third-order valence-corrected chi connectivity index (χ3v) is 4.88. The molecule has 1 unspecified atom stereocenters. The zero-order valence-corrected chi connectivity index (χ0v) is 12.3. The molecule has 1 atom stereocenters. The molecule has 1 spiro atoms. The van der Waals surface area contributed by atoms with Gasteiger partial charge in [0.1, 0.15) is 0 Å². The molecule has 1 saturated carbocycles. The maximum Gasteiger partial charge on any atom is 0.256 e. The van der Waals surface area contributed by atoms with Gasteiger partial charge < -0.3 is 10.0 Å². The van der Waals surface area contributed by atoms with Crippen LogP contribution in [-0.4, -0.2) is 39.1 Å². The van der Waals surface area contributed by atoms with Gasteiger partial charge in [0, 0.05) is 23.4 Å². The summed E-state index contributed by atoms with van der Waals surface area (Å²) in [5, 5.41) is 10.3. The summed E-state index contributed by atoms with van der Waals surface area (Å²) in [7, 11) is 0. The Bertz CT molecular complexity index is 500. The number of halogens is 1. The van der Waals surface area contributed by atoms with Gasteiger partial charge in [-0.2, -0.15) is 0 Å². The molecule has 1 aromatic heterocycles. The van der Waals surface area contributed by atoms with Crippen molar-refractivity contribution in [2.45, 2.75) is 43.7 Å². The molecule has 102 valence electrons. The number of pyridine rings is 1. The minimum absolute atomic E-state index is 0.00718. The summed E-state index contributed by atoms with van der Waals surface area (Å²) in [6.07, 6.45) is 7.60. The van der Waals surface area contributed by atoms with E-state index < -0.39 is 0 Å². The molecule has 4 nitrogen and oxygen atoms in total. The van der Waals surface area contributed by atoms with Crippen molar-refractivity contribution in [1.82, 2.24) is 9.88 Å². The Morgan fingerprint density at radius 1 is 1.42 bits per heavy atom. The molecule has 0 radical (unpaired) electrons. The van der Waals surface area contributed by atoms with Crippen molar-refractivity contribution in [3.05, 3.63) is 28.5 Å². The van der Waals surface area contributed by atoms with E-state index in [0.29, 0.717) is 18.5 Å². The van der Waals surface area contributed by atoms with Crippen LogP contribution in [0.2, 0.25) is 0 Å². The lowest BCUT2D eigenvalue weighted by Gasteiger charge is -2.37. The Kier molecular flexibility index (Phi) is 3.35. The van der Waals surface area contributed by atoms with Gasteiger partial charge in [0.05, 0.1) is 17.2 Å². The first-order valence-corrected chi connectivity index (χ1v) is 7.53. The van der Waals surface area contributed by atoms with Crippen molar-refractivity contribution in [3.8, 4) is 0 Å². The van der Waals surface area contributed by atoms with E-state index >= 15 is 0 Å². The monoisotopic (exact) mass is 324 g/mol. The maximum absolute atomic E-state index is 12.7. The highest BCUT2D eigenvalue weighted by atomic mass is 79.9. The highest BCUT2D eigenvalue weighted by molar-refractivity contribution is 9.10. The van der Waals surface area contributed by atoms with E-state index in [2.05, 4.69) is 20.9 Å². The summed E-state index contributed by atoms with van der Waals surface area (Å²) in [5.41, 5.74) is 0.272. The molecule has 1 N–H and O–H groups in total. The third-order valence-electron chi connectivity index (χ3n) is 4.45. The summed E-state index contributed by atoms with van der Waals surface area (Å²) >= 11 is 3.34. The van der Waals surface area contributed by atoms with Crippen LogP contribution in [0.4, 0.5) is 0 Å². The zero-order chi connectivity index (χ0) is 13.5. The van der Waals surface area contributed by atoms with Crippen molar-refractivity contribution in [2.75, 3.05) is 6.54 Å². The van der Waals surface area contributed by atoms with Crippen LogP contribution in [0, 0.1) is 0 Å². The second kappa shape index (κ2) is 4.87. The van der Waals surface area contributed by atoms with E-state index in [0.717, 1.165) is 30.2 Å². The van der Waals surface area contributed by atoms with E-state index in [-0.39, 0.29) is 17.6 Å². The average Bonchev–Trinajstić information content (AvgIpc) is 3.00. The van der Waals surface area contributed by atoms with Gasteiger partial charge >= 0.3 is 0 Å². The number of aliphatic hydroxyl groups excluding tert-OH is 1. The Balaban J connectivity index is 1.91. The fourth-order valence-corrected chi connectivity index (χ4v) is 3.87. The van der Waals surface area contributed by atoms with Crippen molar-refractivity contribution in [1.29, 1.82) is 0 Å². The summed E-state index contributed by atoms with van der Waals surface area (Å²) in [6.45, 7) is 0.645. The zero-order valence-electron chi connectivity index (χ0n) is 10.7. The fraction of sp³-hybridized carbons (Fsp3) is 0.571. The second-order valence-electron chi connectivity index (χ2n) is 5.46. The Morgan fingerprint density at radius 2 is 2.16 bits per heavy atom. The molecule has 2 aliphatic rings. The van der Waals surface area contributed by atoms with Crippen LogP contribution in [0.25, 0.3) is 0 Å². The van der Waals surface area contributed by atoms with Crippen molar-refractivity contribution in [3.63, 3.8) is 0 Å². The average molecular weight is 325 g/mol. The number of likely N-dealkylation sites (tertiary alicyclic amines) is 1. The van der Waals surface area contributed by atoms with Crippen LogP contribution in [0.5, 0.6) is 0 Å². The predicted molar refractivity (Wildman–Crippen MR) is 74.8 cm³/mol. The quantitative estimate of drug-likeness (QED) is 0.862. The van der Waals surface area contributed by atoms with Crippen LogP contribution in [0.15, 0.2) is 22.9 Å². The topological polar surface area (TPSA) is 53.4 Å². The number of rotatable bonds is 1. The number of carbonyl (C=O) groups excluding carboxylic acids is 1. The number of hydrogen-bond donors (Lipinski definition) is 1. The van der Waals surface area contributed by atoms with Crippen LogP contribution in [0.3, 0.4) is 0 Å². The molecule has 0 bridgehead atoms. The van der Waals surface area contributed by atoms with E-state index in [9.17, 15) is 9.90 Å². The van der Waals surface area contributed by atoms with Crippen molar-refractivity contribution >= 4 is 21.8 Å². The standard InChI is InChI=1S/C14H17BrN2O2/c15-11-7-10(8-16-9-11)13(19)17-6-3-12(18)14(17)4-1-2-5-14/h7-9,12,18H,1-6H2. The van der Waals surface area contributed by atoms with Gasteiger partial charge in [-0.25, -0.2) is 0 Å². The molecule has 1 aliphatic heterocycles. The first-order valence-electron chi connectivity index (χ1n) is 6.74. The van der Waals surface area contributed by atoms with Crippen LogP contribution in [0.1, 0.15) is 42.5 Å². The van der Waals surface area contributed by atoms with Gasteiger partial charge in [-0.15, -0.1) is 0 Å². The smallest absolute Gasteiger partial charge is 0.256 e. The van der Waals surface area contributed by atoms with Gasteiger partial charge in [-0.1, -0.05) is 12.8 Å². The molecule has 2 fully saturated rings. The van der Waals surface area contributed by atoms with Crippen LogP contribution < -0.4 is 0 Å². The van der Waals surface area contributed by atoms with Crippen molar-refractivity contribution < 1.29 is 9.90 Å². The van der Waals surface area contributed by atoms with E-state index in [4.69, 9.17) is 0 Å². The van der Waals surface area contributed by atoms with Crippen LogP contribution in [-0.2, 0) is 0 Å². The fourth-order valence-electron chi connectivity index (χ4n) is 3.50. The largest absolute Gasteiger partial charge is 0.391 e. The normalized spacial score (nSPS) is 25.2. The number of carbonyl (C=O) groups is 1. The molecular weight excluding hydrogens is 308 g/mol. The van der Waals surface area contributed by atoms with Crippen LogP contribution >= 0.6 is 15.9 Å². The van der Waals surface area contributed by atoms with Gasteiger partial charge in [-0.3, -0.25) is 9.78 Å². The second-order valence-corrected chi connectivity index (χ2v) is 6.38. The molecule has 2 heterocycles. The van der Waals surface area contributed by atoms with E-state index in [1.165, 1.54) is 0 Å². The lowest BCUT2D eigenvalue weighted by molar-refractivity contribution is 0.0260. The Hall–Kier alpha value is -0.940. The van der Waals surface area contributed by atoms with Gasteiger partial charge in [-0.05, 0) is 41.3 Å². The minimum Gasteiger partial charge on any atom is -0.391 e. The van der Waals surface area contributed by atoms with Gasteiger partial charge in [0.15, 0.2) is 0 Å². The van der Waals surface area contributed by atoms with Crippen molar-refractivity contribution in [2.24, 2.45) is 0 Å². The molecule has 0 aromatic carbocycles. The molecule has 1 amide bonds. The summed E-state index contributed by atoms with van der Waals surface area (Å²) in [5.74, 6) is -0.00718. The first-order chi connectivity index (χ1) is 9.13. The third kappa shape index (κ3) is 2.09. The lowest BCUT2D eigenvalue weighted by atomic mass is 9.91. The number of nitrogens with zero attached hydrogens (tertiary/aromatic N) is 2. The Labute approximate surface area is 121 Å². The minimum atomic E-state index is -0.376. The molecular formula is C14H17BrN2O2. The molecule has 5 heteroatoms. The number of aromatic nitrogens is 1. The molecule has 19 heavy (non-hydrogen) atoms. The SMILES string of the molecule is O=C(c1cncc(Br)c1)N1CCC(O)C12CCCC2. The summed E-state index contributed by atoms with van der Waals surface area (Å²) in [6, 6.07) is 1.79. The number of amides is 1. The maximum atomic E-state index is 12.7. The molecule has 1 aliphatic carbocycles. The highest BCUT2D eigenvalue weighted by Gasteiger charge is 2.51. The first kappa shape index (κ1) is 13.1.